The molecule has 1 rings (SSSR count). The van der Waals surface area contributed by atoms with Gasteiger partial charge < -0.3 is 9.47 Å². The molecule has 1 heterocycles. The van der Waals surface area contributed by atoms with E-state index in [1.807, 2.05) is 0 Å². The highest BCUT2D eigenvalue weighted by atomic mass is 16.5. The van der Waals surface area contributed by atoms with Gasteiger partial charge in [0, 0.05) is 13.0 Å². The lowest BCUT2D eigenvalue weighted by Crippen LogP contribution is -2.30. The van der Waals surface area contributed by atoms with E-state index in [1.54, 1.807) is 0 Å². The van der Waals surface area contributed by atoms with Crippen LogP contribution in [0.15, 0.2) is 0 Å². The Balaban J connectivity index is 2.36. The van der Waals surface area contributed by atoms with Gasteiger partial charge in [0.25, 0.3) is 0 Å². The van der Waals surface area contributed by atoms with Crippen LogP contribution < -0.4 is 0 Å². The van der Waals surface area contributed by atoms with E-state index in [4.69, 9.17) is 4.74 Å². The van der Waals surface area contributed by atoms with Crippen LogP contribution >= 0.6 is 0 Å². The summed E-state index contributed by atoms with van der Waals surface area (Å²) in [5.41, 5.74) is 0. The Labute approximate surface area is 85.8 Å². The number of hydrogen-bond acceptors (Lipinski definition) is 3. The molecule has 0 aromatic carbocycles. The molecule has 1 fully saturated rings. The first kappa shape index (κ1) is 11.5. The maximum absolute atomic E-state index is 11.1. The molecule has 0 N–H and O–H groups in total. The van der Waals surface area contributed by atoms with Gasteiger partial charge in [-0.2, -0.15) is 0 Å². The second-order valence-electron chi connectivity index (χ2n) is 4.32. The molecule has 0 aromatic heterocycles. The SMILES string of the molecule is COC(=O)C[C@@H]1CCO[C@H](C(C)C)C1. The molecule has 3 nitrogen and oxygen atoms in total. The fourth-order valence-corrected chi connectivity index (χ4v) is 1.87. The van der Waals surface area contributed by atoms with Gasteiger partial charge in [0.15, 0.2) is 0 Å². The molecule has 0 aliphatic carbocycles. The monoisotopic (exact) mass is 200 g/mol. The van der Waals surface area contributed by atoms with Crippen molar-refractivity contribution in [2.24, 2.45) is 11.8 Å². The second-order valence-corrected chi connectivity index (χ2v) is 4.32. The number of methoxy groups -OCH3 is 1. The zero-order valence-corrected chi connectivity index (χ0v) is 9.29. The number of carbonyl (C=O) groups excluding carboxylic acids is 1. The van der Waals surface area contributed by atoms with E-state index < -0.39 is 0 Å². The molecule has 82 valence electrons. The normalized spacial score (nSPS) is 27.7. The van der Waals surface area contributed by atoms with E-state index in [9.17, 15) is 4.79 Å². The molecule has 0 aromatic rings. The quantitative estimate of drug-likeness (QED) is 0.654. The second kappa shape index (κ2) is 5.35. The van der Waals surface area contributed by atoms with Gasteiger partial charge in [-0.15, -0.1) is 0 Å². The van der Waals surface area contributed by atoms with Crippen LogP contribution in [0.1, 0.15) is 33.1 Å². The molecular weight excluding hydrogens is 180 g/mol. The van der Waals surface area contributed by atoms with Crippen LogP contribution in [0, 0.1) is 11.8 Å². The average Bonchev–Trinajstić information content (AvgIpc) is 2.18. The number of esters is 1. The zero-order chi connectivity index (χ0) is 10.6. The van der Waals surface area contributed by atoms with Crippen molar-refractivity contribution in [1.29, 1.82) is 0 Å². The Hall–Kier alpha value is -0.570. The minimum absolute atomic E-state index is 0.0978. The molecule has 3 heteroatoms. The molecule has 0 bridgehead atoms. The van der Waals surface area contributed by atoms with Crippen LogP contribution in [0.25, 0.3) is 0 Å². The summed E-state index contributed by atoms with van der Waals surface area (Å²) in [5.74, 6) is 0.887. The highest BCUT2D eigenvalue weighted by molar-refractivity contribution is 5.69. The van der Waals surface area contributed by atoms with Crippen molar-refractivity contribution in [2.75, 3.05) is 13.7 Å². The summed E-state index contributed by atoms with van der Waals surface area (Å²) in [5, 5.41) is 0. The fourth-order valence-electron chi connectivity index (χ4n) is 1.87. The maximum Gasteiger partial charge on any atom is 0.305 e. The molecule has 14 heavy (non-hydrogen) atoms. The van der Waals surface area contributed by atoms with Crippen LogP contribution in [0.4, 0.5) is 0 Å². The highest BCUT2D eigenvalue weighted by Crippen LogP contribution is 2.27. The number of hydrogen-bond donors (Lipinski definition) is 0. The third-order valence-electron chi connectivity index (χ3n) is 2.85. The van der Waals surface area contributed by atoms with Crippen molar-refractivity contribution in [3.05, 3.63) is 0 Å². The van der Waals surface area contributed by atoms with Crippen molar-refractivity contribution in [1.82, 2.24) is 0 Å². The topological polar surface area (TPSA) is 35.5 Å². The first-order valence-electron chi connectivity index (χ1n) is 5.32. The smallest absolute Gasteiger partial charge is 0.305 e. The van der Waals surface area contributed by atoms with Gasteiger partial charge in [0.2, 0.25) is 0 Å². The van der Waals surface area contributed by atoms with E-state index in [0.29, 0.717) is 24.4 Å². The summed E-state index contributed by atoms with van der Waals surface area (Å²) in [6.45, 7) is 5.10. The Morgan fingerprint density at radius 2 is 2.29 bits per heavy atom. The summed E-state index contributed by atoms with van der Waals surface area (Å²) in [4.78, 5) is 11.1. The van der Waals surface area contributed by atoms with Crippen LogP contribution in [0.3, 0.4) is 0 Å². The van der Waals surface area contributed by atoms with E-state index in [1.165, 1.54) is 7.11 Å². The van der Waals surface area contributed by atoms with Gasteiger partial charge in [-0.25, -0.2) is 0 Å². The maximum atomic E-state index is 11.1. The van der Waals surface area contributed by atoms with Crippen LogP contribution in [0.5, 0.6) is 0 Å². The van der Waals surface area contributed by atoms with Gasteiger partial charge in [-0.3, -0.25) is 4.79 Å². The number of ether oxygens (including phenoxy) is 2. The van der Waals surface area contributed by atoms with Crippen LogP contribution in [-0.2, 0) is 14.3 Å². The molecule has 0 unspecified atom stereocenters. The fraction of sp³-hybridized carbons (Fsp3) is 0.909. The van der Waals surface area contributed by atoms with E-state index in [-0.39, 0.29) is 5.97 Å². The lowest BCUT2D eigenvalue weighted by atomic mass is 9.88. The molecule has 1 saturated heterocycles. The van der Waals surface area contributed by atoms with Gasteiger partial charge in [0.1, 0.15) is 0 Å². The molecule has 0 saturated carbocycles. The number of rotatable bonds is 3. The van der Waals surface area contributed by atoms with Crippen molar-refractivity contribution < 1.29 is 14.3 Å². The predicted molar refractivity (Wildman–Crippen MR) is 53.9 cm³/mol. The van der Waals surface area contributed by atoms with Gasteiger partial charge in [-0.05, 0) is 24.7 Å². The van der Waals surface area contributed by atoms with Crippen molar-refractivity contribution in [3.63, 3.8) is 0 Å². The van der Waals surface area contributed by atoms with E-state index in [0.717, 1.165) is 19.4 Å². The first-order valence-corrected chi connectivity index (χ1v) is 5.32. The molecule has 2 atom stereocenters. The van der Waals surface area contributed by atoms with Crippen molar-refractivity contribution >= 4 is 5.97 Å². The summed E-state index contributed by atoms with van der Waals surface area (Å²) in [7, 11) is 1.45. The van der Waals surface area contributed by atoms with E-state index in [2.05, 4.69) is 18.6 Å². The molecule has 1 aliphatic heterocycles. The predicted octanol–water partition coefficient (Wildman–Crippen LogP) is 2.00. The molecular formula is C11H20O3. The summed E-state index contributed by atoms with van der Waals surface area (Å²) >= 11 is 0. The molecule has 0 spiro atoms. The van der Waals surface area contributed by atoms with Crippen LogP contribution in [0.2, 0.25) is 0 Å². The third kappa shape index (κ3) is 3.29. The highest BCUT2D eigenvalue weighted by Gasteiger charge is 2.26. The average molecular weight is 200 g/mol. The Morgan fingerprint density at radius 3 is 2.86 bits per heavy atom. The minimum Gasteiger partial charge on any atom is -0.469 e. The first-order chi connectivity index (χ1) is 6.63. The van der Waals surface area contributed by atoms with Gasteiger partial charge in [0.05, 0.1) is 13.2 Å². The van der Waals surface area contributed by atoms with Crippen molar-refractivity contribution in [3.8, 4) is 0 Å². The molecule has 0 amide bonds. The standard InChI is InChI=1S/C11H20O3/c1-8(2)10-6-9(4-5-14-10)7-11(12)13-3/h8-10H,4-7H2,1-3H3/t9-,10+/m1/s1. The van der Waals surface area contributed by atoms with Gasteiger partial charge in [-0.1, -0.05) is 13.8 Å². The summed E-state index contributed by atoms with van der Waals surface area (Å²) in [6, 6.07) is 0. The van der Waals surface area contributed by atoms with Gasteiger partial charge >= 0.3 is 5.97 Å². The summed E-state index contributed by atoms with van der Waals surface area (Å²) in [6.07, 6.45) is 2.84. The minimum atomic E-state index is -0.0978. The Bertz CT molecular complexity index is 189. The Kier molecular flexibility index (Phi) is 4.39. The van der Waals surface area contributed by atoms with Crippen LogP contribution in [-0.4, -0.2) is 25.8 Å². The van der Waals surface area contributed by atoms with Crippen molar-refractivity contribution in [2.45, 2.75) is 39.2 Å². The Morgan fingerprint density at radius 1 is 1.57 bits per heavy atom. The number of carbonyl (C=O) groups is 1. The largest absolute Gasteiger partial charge is 0.469 e. The molecule has 0 radical (unpaired) electrons. The molecule has 1 aliphatic rings. The zero-order valence-electron chi connectivity index (χ0n) is 9.29. The lowest BCUT2D eigenvalue weighted by Gasteiger charge is -2.31. The summed E-state index contributed by atoms with van der Waals surface area (Å²) < 4.78 is 10.3. The third-order valence-corrected chi connectivity index (χ3v) is 2.85. The lowest BCUT2D eigenvalue weighted by molar-refractivity contribution is -0.143. The van der Waals surface area contributed by atoms with E-state index >= 15 is 0 Å².